The van der Waals surface area contributed by atoms with Crippen LogP contribution < -0.4 is 5.32 Å². The van der Waals surface area contributed by atoms with Gasteiger partial charge < -0.3 is 5.32 Å². The van der Waals surface area contributed by atoms with Gasteiger partial charge in [-0.15, -0.1) is 11.3 Å². The second-order valence-electron chi connectivity index (χ2n) is 5.41. The van der Waals surface area contributed by atoms with E-state index >= 15 is 0 Å². The van der Waals surface area contributed by atoms with Crippen LogP contribution in [0.15, 0.2) is 12.3 Å². The van der Waals surface area contributed by atoms with E-state index in [4.69, 9.17) is 0 Å². The molecule has 1 aliphatic rings. The molecule has 4 nitrogen and oxygen atoms in total. The summed E-state index contributed by atoms with van der Waals surface area (Å²) in [5.74, 6) is 2.46. The molecule has 0 bridgehead atoms. The van der Waals surface area contributed by atoms with E-state index in [-0.39, 0.29) is 0 Å². The lowest BCUT2D eigenvalue weighted by Crippen LogP contribution is -2.14. The molecule has 20 heavy (non-hydrogen) atoms. The van der Waals surface area contributed by atoms with E-state index in [9.17, 15) is 0 Å². The standard InChI is InChI=1S/C15H20N4S/c1-4-12-7-13(18-10(3)17-12)19-14(11-5-6-11)15-16-8-9(2)20-15/h7-8,11,14H,4-6H2,1-3H3,(H,17,18,19). The zero-order chi connectivity index (χ0) is 14.1. The van der Waals surface area contributed by atoms with Gasteiger partial charge in [-0.2, -0.15) is 0 Å². The third kappa shape index (κ3) is 2.98. The second-order valence-corrected chi connectivity index (χ2v) is 6.68. The van der Waals surface area contributed by atoms with Gasteiger partial charge in [0.05, 0.1) is 6.04 Å². The summed E-state index contributed by atoms with van der Waals surface area (Å²) < 4.78 is 0. The van der Waals surface area contributed by atoms with E-state index in [1.165, 1.54) is 22.7 Å². The Bertz CT molecular complexity index is 604. The molecule has 0 aliphatic heterocycles. The largest absolute Gasteiger partial charge is 0.360 e. The lowest BCUT2D eigenvalue weighted by Gasteiger charge is -2.17. The van der Waals surface area contributed by atoms with Crippen LogP contribution in [0.1, 0.15) is 47.2 Å². The van der Waals surface area contributed by atoms with Crippen molar-refractivity contribution in [3.8, 4) is 0 Å². The van der Waals surface area contributed by atoms with Crippen LogP contribution in [0, 0.1) is 19.8 Å². The van der Waals surface area contributed by atoms with Gasteiger partial charge in [0.15, 0.2) is 0 Å². The van der Waals surface area contributed by atoms with Crippen LogP contribution in [-0.4, -0.2) is 15.0 Å². The van der Waals surface area contributed by atoms with Crippen LogP contribution in [0.25, 0.3) is 0 Å². The van der Waals surface area contributed by atoms with Crippen molar-refractivity contribution in [3.63, 3.8) is 0 Å². The van der Waals surface area contributed by atoms with Crippen LogP contribution in [0.2, 0.25) is 0 Å². The number of nitrogens with one attached hydrogen (secondary N) is 1. The first-order valence-corrected chi connectivity index (χ1v) is 8.00. The molecule has 2 heterocycles. The highest BCUT2D eigenvalue weighted by molar-refractivity contribution is 7.11. The van der Waals surface area contributed by atoms with Crippen molar-refractivity contribution >= 4 is 17.2 Å². The van der Waals surface area contributed by atoms with Crippen LogP contribution in [0.4, 0.5) is 5.82 Å². The molecular weight excluding hydrogens is 268 g/mol. The molecule has 1 unspecified atom stereocenters. The van der Waals surface area contributed by atoms with Crippen molar-refractivity contribution in [1.29, 1.82) is 0 Å². The lowest BCUT2D eigenvalue weighted by molar-refractivity contribution is 0.669. The minimum Gasteiger partial charge on any atom is -0.360 e. The fourth-order valence-electron chi connectivity index (χ4n) is 2.37. The third-order valence-electron chi connectivity index (χ3n) is 3.56. The fourth-order valence-corrected chi connectivity index (χ4v) is 3.29. The number of hydrogen-bond acceptors (Lipinski definition) is 5. The van der Waals surface area contributed by atoms with Crippen molar-refractivity contribution in [2.75, 3.05) is 5.32 Å². The molecule has 1 atom stereocenters. The minimum absolute atomic E-state index is 0.299. The number of aromatic nitrogens is 3. The van der Waals surface area contributed by atoms with Crippen molar-refractivity contribution in [2.24, 2.45) is 5.92 Å². The first kappa shape index (κ1) is 13.5. The Morgan fingerprint density at radius 1 is 1.35 bits per heavy atom. The Labute approximate surface area is 123 Å². The van der Waals surface area contributed by atoms with E-state index in [2.05, 4.69) is 40.2 Å². The molecule has 106 valence electrons. The fraction of sp³-hybridized carbons (Fsp3) is 0.533. The summed E-state index contributed by atoms with van der Waals surface area (Å²) >= 11 is 1.78. The quantitative estimate of drug-likeness (QED) is 0.912. The normalized spacial score (nSPS) is 16.1. The summed E-state index contributed by atoms with van der Waals surface area (Å²) in [6.07, 6.45) is 5.45. The maximum Gasteiger partial charge on any atom is 0.130 e. The average molecular weight is 288 g/mol. The molecular formula is C15H20N4S. The second kappa shape index (κ2) is 5.48. The van der Waals surface area contributed by atoms with Gasteiger partial charge in [0, 0.05) is 22.8 Å². The van der Waals surface area contributed by atoms with Crippen molar-refractivity contribution in [2.45, 2.75) is 46.1 Å². The number of anilines is 1. The highest BCUT2D eigenvalue weighted by Crippen LogP contribution is 2.43. The zero-order valence-corrected chi connectivity index (χ0v) is 13.0. The molecule has 0 spiro atoms. The number of aryl methyl sites for hydroxylation is 3. The number of rotatable bonds is 5. The average Bonchev–Trinajstić information content (AvgIpc) is 3.17. The van der Waals surface area contributed by atoms with E-state index in [0.29, 0.717) is 12.0 Å². The maximum absolute atomic E-state index is 4.55. The molecule has 5 heteroatoms. The zero-order valence-electron chi connectivity index (χ0n) is 12.2. The molecule has 1 saturated carbocycles. The van der Waals surface area contributed by atoms with Gasteiger partial charge in [-0.3, -0.25) is 0 Å². The van der Waals surface area contributed by atoms with E-state index in [1.54, 1.807) is 11.3 Å². The van der Waals surface area contributed by atoms with Crippen molar-refractivity contribution < 1.29 is 0 Å². The molecule has 2 aromatic rings. The molecule has 3 rings (SSSR count). The van der Waals surface area contributed by atoms with E-state index < -0.39 is 0 Å². The van der Waals surface area contributed by atoms with Crippen LogP contribution >= 0.6 is 11.3 Å². The van der Waals surface area contributed by atoms with E-state index in [1.807, 2.05) is 13.1 Å². The maximum atomic E-state index is 4.55. The number of nitrogens with zero attached hydrogens (tertiary/aromatic N) is 3. The summed E-state index contributed by atoms with van der Waals surface area (Å²) in [4.78, 5) is 14.8. The molecule has 1 N–H and O–H groups in total. The Balaban J connectivity index is 1.85. The summed E-state index contributed by atoms with van der Waals surface area (Å²) in [6.45, 7) is 6.17. The van der Waals surface area contributed by atoms with Crippen molar-refractivity contribution in [1.82, 2.24) is 15.0 Å². The highest BCUT2D eigenvalue weighted by Gasteiger charge is 2.34. The third-order valence-corrected chi connectivity index (χ3v) is 4.55. The van der Waals surface area contributed by atoms with Gasteiger partial charge in [0.1, 0.15) is 16.6 Å². The molecule has 0 amide bonds. The minimum atomic E-state index is 0.299. The molecule has 2 aromatic heterocycles. The monoisotopic (exact) mass is 288 g/mol. The Morgan fingerprint density at radius 2 is 2.15 bits per heavy atom. The van der Waals surface area contributed by atoms with Gasteiger partial charge in [0.25, 0.3) is 0 Å². The van der Waals surface area contributed by atoms with E-state index in [0.717, 1.165) is 23.8 Å². The van der Waals surface area contributed by atoms with Gasteiger partial charge >= 0.3 is 0 Å². The molecule has 1 aliphatic carbocycles. The number of thiazole rings is 1. The topological polar surface area (TPSA) is 50.7 Å². The molecule has 1 fully saturated rings. The molecule has 0 radical (unpaired) electrons. The van der Waals surface area contributed by atoms with Gasteiger partial charge in [-0.1, -0.05) is 6.92 Å². The Hall–Kier alpha value is -1.49. The van der Waals surface area contributed by atoms with Gasteiger partial charge in [-0.25, -0.2) is 15.0 Å². The lowest BCUT2D eigenvalue weighted by atomic mass is 10.2. The Morgan fingerprint density at radius 3 is 2.75 bits per heavy atom. The summed E-state index contributed by atoms with van der Waals surface area (Å²) in [5, 5.41) is 4.76. The first-order valence-electron chi connectivity index (χ1n) is 7.19. The molecule has 0 aromatic carbocycles. The van der Waals surface area contributed by atoms with Crippen LogP contribution in [0.3, 0.4) is 0 Å². The van der Waals surface area contributed by atoms with Gasteiger partial charge in [-0.05, 0) is 39.0 Å². The number of hydrogen-bond donors (Lipinski definition) is 1. The van der Waals surface area contributed by atoms with Crippen LogP contribution in [0.5, 0.6) is 0 Å². The summed E-state index contributed by atoms with van der Waals surface area (Å²) in [6, 6.07) is 2.36. The SMILES string of the molecule is CCc1cc(NC(c2ncc(C)s2)C2CC2)nc(C)n1. The predicted octanol–water partition coefficient (Wildman–Crippen LogP) is 3.68. The van der Waals surface area contributed by atoms with Crippen LogP contribution in [-0.2, 0) is 6.42 Å². The van der Waals surface area contributed by atoms with Gasteiger partial charge in [0.2, 0.25) is 0 Å². The van der Waals surface area contributed by atoms with Crippen molar-refractivity contribution in [3.05, 3.63) is 33.7 Å². The first-order chi connectivity index (χ1) is 9.65. The molecule has 0 saturated heterocycles. The highest BCUT2D eigenvalue weighted by atomic mass is 32.1. The Kier molecular flexibility index (Phi) is 3.70. The summed E-state index contributed by atoms with van der Waals surface area (Å²) in [5.41, 5.74) is 1.09. The smallest absolute Gasteiger partial charge is 0.130 e. The summed E-state index contributed by atoms with van der Waals surface area (Å²) in [7, 11) is 0. The predicted molar refractivity (Wildman–Crippen MR) is 82.1 cm³/mol.